The highest BCUT2D eigenvalue weighted by molar-refractivity contribution is 7.92. The van der Waals surface area contributed by atoms with E-state index in [1.54, 1.807) is 12.1 Å². The maximum atomic E-state index is 12.4. The van der Waals surface area contributed by atoms with Gasteiger partial charge in [0.15, 0.2) is 10.8 Å². The lowest BCUT2D eigenvalue weighted by atomic mass is 10.2. The van der Waals surface area contributed by atoms with Crippen LogP contribution in [0.25, 0.3) is 0 Å². The molecular weight excluding hydrogens is 296 g/mol. The first-order chi connectivity index (χ1) is 9.86. The predicted octanol–water partition coefficient (Wildman–Crippen LogP) is 0.590. The van der Waals surface area contributed by atoms with Crippen LogP contribution in [0.5, 0.6) is 0 Å². The van der Waals surface area contributed by atoms with E-state index in [-0.39, 0.29) is 22.1 Å². The fraction of sp³-hybridized carbons (Fsp3) is 0.167. The number of carbonyl (C=O) groups is 1. The number of nitrogens with two attached hydrogens (primary N) is 1. The number of rotatable bonds is 4. The second kappa shape index (κ2) is 5.44. The number of methoxy groups -OCH3 is 1. The molecule has 0 aliphatic rings. The van der Waals surface area contributed by atoms with Crippen LogP contribution in [0.3, 0.4) is 0 Å². The summed E-state index contributed by atoms with van der Waals surface area (Å²) >= 11 is 0. The van der Waals surface area contributed by atoms with Gasteiger partial charge in [0.1, 0.15) is 0 Å². The fourth-order valence-corrected chi connectivity index (χ4v) is 3.14. The Morgan fingerprint density at radius 2 is 2.05 bits per heavy atom. The molecule has 0 aliphatic heterocycles. The van der Waals surface area contributed by atoms with E-state index in [2.05, 4.69) is 14.4 Å². The van der Waals surface area contributed by atoms with Crippen LogP contribution in [0.1, 0.15) is 10.4 Å². The van der Waals surface area contributed by atoms with E-state index in [1.807, 2.05) is 0 Å². The van der Waals surface area contributed by atoms with Crippen molar-refractivity contribution in [3.8, 4) is 0 Å². The van der Waals surface area contributed by atoms with E-state index < -0.39 is 16.0 Å². The van der Waals surface area contributed by atoms with E-state index >= 15 is 0 Å². The van der Waals surface area contributed by atoms with Crippen LogP contribution < -0.4 is 10.5 Å². The summed E-state index contributed by atoms with van der Waals surface area (Å²) in [6.07, 6.45) is 1.29. The smallest absolute Gasteiger partial charge is 0.339 e. The molecule has 0 saturated heterocycles. The van der Waals surface area contributed by atoms with Gasteiger partial charge in [-0.25, -0.2) is 9.78 Å². The maximum Gasteiger partial charge on any atom is 0.339 e. The number of aromatic nitrogens is 2. The van der Waals surface area contributed by atoms with Crippen molar-refractivity contribution in [2.45, 2.75) is 5.03 Å². The second-order valence-corrected chi connectivity index (χ2v) is 5.79. The van der Waals surface area contributed by atoms with Crippen molar-refractivity contribution in [2.24, 2.45) is 7.05 Å². The molecule has 0 unspecified atom stereocenters. The van der Waals surface area contributed by atoms with Crippen molar-refractivity contribution in [3.63, 3.8) is 0 Å². The van der Waals surface area contributed by atoms with Gasteiger partial charge in [-0.15, -0.1) is 0 Å². The zero-order chi connectivity index (χ0) is 15.6. The van der Waals surface area contributed by atoms with Crippen LogP contribution in [-0.4, -0.2) is 31.0 Å². The van der Waals surface area contributed by atoms with Gasteiger partial charge >= 0.3 is 5.97 Å². The van der Waals surface area contributed by atoms with Crippen LogP contribution in [-0.2, 0) is 21.8 Å². The van der Waals surface area contributed by atoms with Crippen molar-refractivity contribution >= 4 is 27.5 Å². The molecule has 0 atom stereocenters. The Kier molecular flexibility index (Phi) is 3.85. The van der Waals surface area contributed by atoms with Crippen LogP contribution >= 0.6 is 0 Å². The Bertz CT molecular complexity index is 763. The van der Waals surface area contributed by atoms with Gasteiger partial charge in [-0.1, -0.05) is 12.1 Å². The number of anilines is 2. The number of sulfonamides is 1. The number of hydrogen-bond donors (Lipinski definition) is 2. The highest BCUT2D eigenvalue weighted by Gasteiger charge is 2.24. The lowest BCUT2D eigenvalue weighted by Crippen LogP contribution is -2.19. The molecule has 0 fully saturated rings. The Balaban J connectivity index is 2.45. The minimum Gasteiger partial charge on any atom is -0.465 e. The first-order valence-corrected chi connectivity index (χ1v) is 7.32. The molecule has 0 spiro atoms. The summed E-state index contributed by atoms with van der Waals surface area (Å²) < 4.78 is 32.9. The summed E-state index contributed by atoms with van der Waals surface area (Å²) in [5.41, 5.74) is 5.77. The summed E-state index contributed by atoms with van der Waals surface area (Å²) in [4.78, 5) is 15.4. The number of para-hydroxylation sites is 1. The predicted molar refractivity (Wildman–Crippen MR) is 76.2 cm³/mol. The van der Waals surface area contributed by atoms with E-state index in [9.17, 15) is 13.2 Å². The average Bonchev–Trinajstić information content (AvgIpc) is 2.78. The largest absolute Gasteiger partial charge is 0.465 e. The van der Waals surface area contributed by atoms with E-state index in [0.717, 1.165) is 0 Å². The second-order valence-electron chi connectivity index (χ2n) is 4.19. The molecular formula is C12H14N4O4S. The molecule has 0 saturated carbocycles. The van der Waals surface area contributed by atoms with Gasteiger partial charge in [0, 0.05) is 7.05 Å². The van der Waals surface area contributed by atoms with Gasteiger partial charge in [-0.3, -0.25) is 4.72 Å². The van der Waals surface area contributed by atoms with Crippen molar-refractivity contribution < 1.29 is 17.9 Å². The minimum absolute atomic E-state index is 0.101. The van der Waals surface area contributed by atoms with Crippen LogP contribution in [0.15, 0.2) is 35.6 Å². The highest BCUT2D eigenvalue weighted by atomic mass is 32.2. The highest BCUT2D eigenvalue weighted by Crippen LogP contribution is 2.23. The summed E-state index contributed by atoms with van der Waals surface area (Å²) in [6, 6.07) is 6.10. The van der Waals surface area contributed by atoms with Gasteiger partial charge in [0.25, 0.3) is 10.0 Å². The van der Waals surface area contributed by atoms with Crippen molar-refractivity contribution in [2.75, 3.05) is 17.6 Å². The SMILES string of the molecule is COC(=O)c1ccccc1NS(=O)(=O)c1c(N)ncn1C. The van der Waals surface area contributed by atoms with Gasteiger partial charge in [0.05, 0.1) is 24.7 Å². The number of aryl methyl sites for hydroxylation is 1. The van der Waals surface area contributed by atoms with Gasteiger partial charge in [0.2, 0.25) is 0 Å². The normalized spacial score (nSPS) is 11.1. The number of carbonyl (C=O) groups excluding carboxylic acids is 1. The Morgan fingerprint density at radius 3 is 2.62 bits per heavy atom. The summed E-state index contributed by atoms with van der Waals surface area (Å²) in [6.45, 7) is 0. The Hall–Kier alpha value is -2.55. The van der Waals surface area contributed by atoms with Crippen LogP contribution in [0.4, 0.5) is 11.5 Å². The number of nitrogens with zero attached hydrogens (tertiary/aromatic N) is 2. The molecule has 1 aromatic heterocycles. The van der Waals surface area contributed by atoms with Crippen LogP contribution in [0.2, 0.25) is 0 Å². The van der Waals surface area contributed by atoms with Crippen molar-refractivity contribution in [1.29, 1.82) is 0 Å². The van der Waals surface area contributed by atoms with E-state index in [4.69, 9.17) is 5.73 Å². The number of ether oxygens (including phenoxy) is 1. The van der Waals surface area contributed by atoms with Crippen LogP contribution in [0, 0.1) is 0 Å². The minimum atomic E-state index is -3.98. The summed E-state index contributed by atoms with van der Waals surface area (Å²) in [5, 5.41) is -0.179. The third-order valence-corrected chi connectivity index (χ3v) is 4.24. The molecule has 112 valence electrons. The number of nitrogens with one attached hydrogen (secondary N) is 1. The third kappa shape index (κ3) is 2.82. The summed E-state index contributed by atoms with van der Waals surface area (Å²) in [7, 11) is -1.26. The standard InChI is InChI=1S/C12H14N4O4S/c1-16-7-14-10(13)11(16)21(18,19)15-9-6-4-3-5-8(9)12(17)20-2/h3-7,15H,13H2,1-2H3. The molecule has 0 radical (unpaired) electrons. The molecule has 2 rings (SSSR count). The Labute approximate surface area is 121 Å². The lowest BCUT2D eigenvalue weighted by molar-refractivity contribution is 0.0602. The molecule has 8 nitrogen and oxygen atoms in total. The number of benzene rings is 1. The zero-order valence-corrected chi connectivity index (χ0v) is 12.2. The molecule has 0 aliphatic carbocycles. The molecule has 2 aromatic rings. The first-order valence-electron chi connectivity index (χ1n) is 5.83. The molecule has 21 heavy (non-hydrogen) atoms. The van der Waals surface area contributed by atoms with Gasteiger partial charge in [-0.2, -0.15) is 8.42 Å². The molecule has 0 amide bonds. The summed E-state index contributed by atoms with van der Waals surface area (Å²) in [5.74, 6) is -0.771. The van der Waals surface area contributed by atoms with Crippen molar-refractivity contribution in [3.05, 3.63) is 36.2 Å². The number of nitrogen functional groups attached to an aromatic ring is 1. The van der Waals surface area contributed by atoms with E-state index in [0.29, 0.717) is 0 Å². The van der Waals surface area contributed by atoms with Gasteiger partial charge < -0.3 is 15.0 Å². The average molecular weight is 310 g/mol. The Morgan fingerprint density at radius 1 is 1.38 bits per heavy atom. The number of esters is 1. The van der Waals surface area contributed by atoms with Crippen molar-refractivity contribution in [1.82, 2.24) is 9.55 Å². The quantitative estimate of drug-likeness (QED) is 0.798. The lowest BCUT2D eigenvalue weighted by Gasteiger charge is -2.11. The molecule has 1 heterocycles. The van der Waals surface area contributed by atoms with Gasteiger partial charge in [-0.05, 0) is 12.1 Å². The molecule has 9 heteroatoms. The zero-order valence-electron chi connectivity index (χ0n) is 11.4. The topological polar surface area (TPSA) is 116 Å². The molecule has 0 bridgehead atoms. The molecule has 3 N–H and O–H groups in total. The maximum absolute atomic E-state index is 12.4. The molecule has 1 aromatic carbocycles. The monoisotopic (exact) mass is 310 g/mol. The number of hydrogen-bond acceptors (Lipinski definition) is 6. The van der Waals surface area contributed by atoms with E-state index in [1.165, 1.54) is 37.2 Å². The number of imidazole rings is 1. The first kappa shape index (κ1) is 14.9. The fourth-order valence-electron chi connectivity index (χ4n) is 1.82. The third-order valence-electron chi connectivity index (χ3n) is 2.74.